The van der Waals surface area contributed by atoms with E-state index in [-0.39, 0.29) is 16.8 Å². The van der Waals surface area contributed by atoms with Crippen LogP contribution in [0.3, 0.4) is 0 Å². The Morgan fingerprint density at radius 1 is 1.39 bits per heavy atom. The Morgan fingerprint density at radius 3 is 2.56 bits per heavy atom. The molecule has 1 saturated carbocycles. The molecule has 0 atom stereocenters. The molecule has 7 heteroatoms. The van der Waals surface area contributed by atoms with Gasteiger partial charge in [-0.15, -0.1) is 0 Å². The Hall–Kier alpha value is -0.590. The lowest BCUT2D eigenvalue weighted by Crippen LogP contribution is -2.39. The topological polar surface area (TPSA) is 63.2 Å². The summed E-state index contributed by atoms with van der Waals surface area (Å²) in [5.41, 5.74) is 0.296. The summed E-state index contributed by atoms with van der Waals surface area (Å²) in [5, 5.41) is 2.84. The predicted octanol–water partition coefficient (Wildman–Crippen LogP) is 2.66. The summed E-state index contributed by atoms with van der Waals surface area (Å²) in [5.74, 6) is -0.270. The van der Waals surface area contributed by atoms with Crippen LogP contribution in [0.2, 0.25) is 0 Å². The van der Waals surface area contributed by atoms with Crippen molar-refractivity contribution in [3.63, 3.8) is 0 Å². The van der Waals surface area contributed by atoms with Crippen LogP contribution in [0.4, 0.5) is 0 Å². The predicted molar refractivity (Wildman–Crippen MR) is 72.3 cm³/mol. The number of amides is 1. The van der Waals surface area contributed by atoms with Gasteiger partial charge in [-0.25, -0.2) is 8.42 Å². The Labute approximate surface area is 118 Å². The van der Waals surface area contributed by atoms with Gasteiger partial charge in [-0.1, -0.05) is 0 Å². The van der Waals surface area contributed by atoms with Crippen LogP contribution in [0, 0.1) is 0 Å². The number of benzene rings is 1. The molecule has 0 spiro atoms. The van der Waals surface area contributed by atoms with Gasteiger partial charge in [-0.2, -0.15) is 0 Å². The minimum absolute atomic E-state index is 0.0922. The van der Waals surface area contributed by atoms with Crippen molar-refractivity contribution in [2.75, 3.05) is 0 Å². The van der Waals surface area contributed by atoms with Crippen LogP contribution in [-0.4, -0.2) is 20.4 Å². The summed E-state index contributed by atoms with van der Waals surface area (Å²) in [4.78, 5) is 11.8. The van der Waals surface area contributed by atoms with E-state index in [9.17, 15) is 13.2 Å². The molecule has 0 aliphatic heterocycles. The van der Waals surface area contributed by atoms with Crippen molar-refractivity contribution in [1.82, 2.24) is 5.32 Å². The van der Waals surface area contributed by atoms with E-state index < -0.39 is 9.05 Å². The molecule has 0 aromatic heterocycles. The van der Waals surface area contributed by atoms with Gasteiger partial charge in [0.25, 0.3) is 15.0 Å². The lowest BCUT2D eigenvalue weighted by molar-refractivity contribution is 0.0916. The average Bonchev–Trinajstić information content (AvgIpc) is 2.22. The quantitative estimate of drug-likeness (QED) is 0.851. The number of carbonyl (C=O) groups is 1. The van der Waals surface area contributed by atoms with Crippen molar-refractivity contribution in [2.24, 2.45) is 0 Å². The highest BCUT2D eigenvalue weighted by Crippen LogP contribution is 2.26. The summed E-state index contributed by atoms with van der Waals surface area (Å²) < 4.78 is 23.0. The molecular weight excluding hydrogens is 342 g/mol. The molecular formula is C11H11BrClNO3S. The number of hydrogen-bond donors (Lipinski definition) is 1. The average molecular weight is 353 g/mol. The molecule has 0 unspecified atom stereocenters. The maximum Gasteiger partial charge on any atom is 0.262 e. The van der Waals surface area contributed by atoms with Gasteiger partial charge in [0.05, 0.1) is 4.90 Å². The second-order valence-electron chi connectivity index (χ2n) is 4.18. The summed E-state index contributed by atoms with van der Waals surface area (Å²) in [6, 6.07) is 4.55. The molecule has 1 N–H and O–H groups in total. The fourth-order valence-corrected chi connectivity index (χ4v) is 3.77. The highest BCUT2D eigenvalue weighted by molar-refractivity contribution is 9.10. The van der Waals surface area contributed by atoms with Crippen LogP contribution < -0.4 is 5.32 Å². The largest absolute Gasteiger partial charge is 0.349 e. The van der Waals surface area contributed by atoms with E-state index in [2.05, 4.69) is 21.2 Å². The Bertz CT molecular complexity index is 584. The van der Waals surface area contributed by atoms with Crippen LogP contribution in [0.1, 0.15) is 29.6 Å². The van der Waals surface area contributed by atoms with Crippen molar-refractivity contribution in [3.05, 3.63) is 28.2 Å². The number of halogens is 2. The summed E-state index contributed by atoms with van der Waals surface area (Å²) in [6.07, 6.45) is 3.07. The third-order valence-corrected chi connectivity index (χ3v) is 5.21. The first-order valence-electron chi connectivity index (χ1n) is 5.43. The molecule has 0 radical (unpaired) electrons. The number of carbonyl (C=O) groups excluding carboxylic acids is 1. The molecule has 0 saturated heterocycles. The molecule has 1 aromatic carbocycles. The van der Waals surface area contributed by atoms with Crippen LogP contribution >= 0.6 is 26.6 Å². The zero-order valence-corrected chi connectivity index (χ0v) is 12.5. The Balaban J connectivity index is 2.26. The monoisotopic (exact) mass is 351 g/mol. The third-order valence-electron chi connectivity index (χ3n) is 2.90. The Kier molecular flexibility index (Phi) is 3.99. The normalized spacial score (nSPS) is 16.1. The van der Waals surface area contributed by atoms with E-state index in [1.165, 1.54) is 12.1 Å². The third kappa shape index (κ3) is 3.05. The summed E-state index contributed by atoms with van der Waals surface area (Å²) in [6.45, 7) is 0. The highest BCUT2D eigenvalue weighted by atomic mass is 79.9. The van der Waals surface area contributed by atoms with Gasteiger partial charge < -0.3 is 5.32 Å². The van der Waals surface area contributed by atoms with Crippen molar-refractivity contribution >= 4 is 41.6 Å². The lowest BCUT2D eigenvalue weighted by Gasteiger charge is -2.26. The SMILES string of the molecule is O=C(NC1CCC1)c1ccc(Br)c(S(=O)(=O)Cl)c1. The smallest absolute Gasteiger partial charge is 0.262 e. The summed E-state index contributed by atoms with van der Waals surface area (Å²) >= 11 is 3.10. The van der Waals surface area contributed by atoms with Gasteiger partial charge in [0.1, 0.15) is 0 Å². The highest BCUT2D eigenvalue weighted by Gasteiger charge is 2.22. The molecule has 0 bridgehead atoms. The zero-order chi connectivity index (χ0) is 13.3. The van der Waals surface area contributed by atoms with Crippen molar-refractivity contribution in [2.45, 2.75) is 30.2 Å². The molecule has 1 aromatic rings. The maximum absolute atomic E-state index is 11.9. The van der Waals surface area contributed by atoms with Gasteiger partial charge >= 0.3 is 0 Å². The van der Waals surface area contributed by atoms with Gasteiger partial charge in [0, 0.05) is 26.8 Å². The number of rotatable bonds is 3. The van der Waals surface area contributed by atoms with E-state index in [0.29, 0.717) is 10.0 Å². The van der Waals surface area contributed by atoms with E-state index in [4.69, 9.17) is 10.7 Å². The lowest BCUT2D eigenvalue weighted by atomic mass is 9.93. The summed E-state index contributed by atoms with van der Waals surface area (Å²) in [7, 11) is 1.43. The molecule has 4 nitrogen and oxygen atoms in total. The second-order valence-corrected chi connectivity index (χ2v) is 7.57. The molecule has 98 valence electrons. The minimum Gasteiger partial charge on any atom is -0.349 e. The van der Waals surface area contributed by atoms with Gasteiger partial charge in [-0.05, 0) is 53.4 Å². The molecule has 1 aliphatic carbocycles. The van der Waals surface area contributed by atoms with E-state index in [1.807, 2.05) is 0 Å². The first kappa shape index (κ1) is 13.8. The number of nitrogens with one attached hydrogen (secondary N) is 1. The zero-order valence-electron chi connectivity index (χ0n) is 9.32. The minimum atomic E-state index is -3.86. The first-order chi connectivity index (χ1) is 8.38. The van der Waals surface area contributed by atoms with Crippen LogP contribution in [0.25, 0.3) is 0 Å². The molecule has 0 heterocycles. The van der Waals surface area contributed by atoms with E-state index in [1.54, 1.807) is 6.07 Å². The molecule has 1 aliphatic rings. The van der Waals surface area contributed by atoms with Gasteiger partial charge in [-0.3, -0.25) is 4.79 Å². The van der Waals surface area contributed by atoms with Crippen LogP contribution in [-0.2, 0) is 9.05 Å². The fraction of sp³-hybridized carbons (Fsp3) is 0.364. The number of hydrogen-bond acceptors (Lipinski definition) is 3. The molecule has 1 fully saturated rings. The van der Waals surface area contributed by atoms with Crippen LogP contribution in [0.5, 0.6) is 0 Å². The Morgan fingerprint density at radius 2 is 2.06 bits per heavy atom. The van der Waals surface area contributed by atoms with Gasteiger partial charge in [0.15, 0.2) is 0 Å². The molecule has 2 rings (SSSR count). The van der Waals surface area contributed by atoms with E-state index in [0.717, 1.165) is 19.3 Å². The maximum atomic E-state index is 11.9. The second kappa shape index (κ2) is 5.19. The van der Waals surface area contributed by atoms with Gasteiger partial charge in [0.2, 0.25) is 0 Å². The molecule has 18 heavy (non-hydrogen) atoms. The van der Waals surface area contributed by atoms with E-state index >= 15 is 0 Å². The standard InChI is InChI=1S/C11H11BrClNO3S/c12-9-5-4-7(6-10(9)18(13,16)17)11(15)14-8-2-1-3-8/h4-6,8H,1-3H2,(H,14,15). The molecule has 1 amide bonds. The van der Waals surface area contributed by atoms with Crippen molar-refractivity contribution < 1.29 is 13.2 Å². The first-order valence-corrected chi connectivity index (χ1v) is 8.53. The fourth-order valence-electron chi connectivity index (χ4n) is 1.65. The van der Waals surface area contributed by atoms with Crippen LogP contribution in [0.15, 0.2) is 27.6 Å². The van der Waals surface area contributed by atoms with Crippen molar-refractivity contribution in [3.8, 4) is 0 Å². The van der Waals surface area contributed by atoms with Crippen molar-refractivity contribution in [1.29, 1.82) is 0 Å².